The summed E-state index contributed by atoms with van der Waals surface area (Å²) in [5, 5.41) is 40.6. The number of hydrogen-bond acceptors (Lipinski definition) is 8. The first-order valence-corrected chi connectivity index (χ1v) is 17.7. The van der Waals surface area contributed by atoms with E-state index >= 15 is 0 Å². The molecule has 8 nitrogen and oxygen atoms in total. The van der Waals surface area contributed by atoms with E-state index in [-0.39, 0.29) is 23.0 Å². The molecule has 0 saturated carbocycles. The fourth-order valence-corrected chi connectivity index (χ4v) is 5.55. The molecular formula is C48H42N4O4. The Labute approximate surface area is 326 Å². The number of aromatic hydroxyl groups is 4. The van der Waals surface area contributed by atoms with Crippen molar-refractivity contribution in [2.45, 2.75) is 13.8 Å². The SMILES string of the molecule is Cc1cc(O)cc(O)c1.Cc1cc(O)cc(O)c1.c1cc(-c2ccncc2)ccn1.c1cc(-c2ccncc2)ccn1.c1ccc2cc3ccccc3cc2c1. The fraction of sp³-hybridized carbons (Fsp3) is 0.0417. The standard InChI is InChI=1S/C14H10.2C10H8N2.2C7H8O2/c1-2-6-12-10-14-8-4-3-7-13(14)9-11(12)5-1;2*1-5-11-6-2-9(1)10-3-7-12-8-4-10;2*1-5-2-6(8)4-7(9)3-5/h1-10H;2*1-8H;2*2-4,8-9H,1H3. The molecule has 0 aliphatic rings. The third-order valence-corrected chi connectivity index (χ3v) is 8.10. The van der Waals surface area contributed by atoms with Crippen LogP contribution in [-0.2, 0) is 0 Å². The number of fused-ring (bicyclic) bond motifs is 2. The lowest BCUT2D eigenvalue weighted by atomic mass is 10.0. The molecule has 0 unspecified atom stereocenters. The summed E-state index contributed by atoms with van der Waals surface area (Å²) in [6, 6.07) is 46.2. The molecule has 0 fully saturated rings. The van der Waals surface area contributed by atoms with Crippen molar-refractivity contribution in [3.63, 3.8) is 0 Å². The Bertz CT molecular complexity index is 2130. The van der Waals surface area contributed by atoms with E-state index in [4.69, 9.17) is 20.4 Å². The maximum Gasteiger partial charge on any atom is 0.119 e. The third kappa shape index (κ3) is 12.8. The second-order valence-electron chi connectivity index (χ2n) is 12.5. The molecule has 0 amide bonds. The summed E-state index contributed by atoms with van der Waals surface area (Å²) >= 11 is 0. The average Bonchev–Trinajstić information content (AvgIpc) is 3.21. The molecule has 4 N–H and O–H groups in total. The van der Waals surface area contributed by atoms with Gasteiger partial charge in [-0.2, -0.15) is 0 Å². The highest BCUT2D eigenvalue weighted by molar-refractivity contribution is 5.98. The average molecular weight is 739 g/mol. The summed E-state index contributed by atoms with van der Waals surface area (Å²) in [5.74, 6) is 0.417. The van der Waals surface area contributed by atoms with Crippen LogP contribution >= 0.6 is 0 Å². The molecule has 8 heteroatoms. The highest BCUT2D eigenvalue weighted by Gasteiger charge is 1.97. The van der Waals surface area contributed by atoms with Crippen molar-refractivity contribution in [2.75, 3.05) is 0 Å². The number of aromatic nitrogens is 4. The topological polar surface area (TPSA) is 132 Å². The number of nitrogens with zero attached hydrogens (tertiary/aromatic N) is 4. The summed E-state index contributed by atoms with van der Waals surface area (Å²) in [5.41, 5.74) is 6.40. The van der Waals surface area contributed by atoms with E-state index in [1.54, 1.807) is 87.7 Å². The first-order chi connectivity index (χ1) is 27.2. The minimum absolute atomic E-state index is 0.104. The monoisotopic (exact) mass is 738 g/mol. The lowest BCUT2D eigenvalue weighted by Crippen LogP contribution is -1.77. The number of hydrogen-bond donors (Lipinski definition) is 4. The number of benzene rings is 5. The number of phenolic OH excluding ortho intramolecular Hbond substituents is 4. The van der Waals surface area contributed by atoms with Gasteiger partial charge in [-0.3, -0.25) is 19.9 Å². The van der Waals surface area contributed by atoms with Gasteiger partial charge < -0.3 is 20.4 Å². The maximum atomic E-state index is 8.83. The summed E-state index contributed by atoms with van der Waals surface area (Å²) in [6.07, 6.45) is 14.3. The van der Waals surface area contributed by atoms with E-state index in [2.05, 4.69) is 80.6 Å². The van der Waals surface area contributed by atoms with Gasteiger partial charge in [-0.25, -0.2) is 0 Å². The molecule has 56 heavy (non-hydrogen) atoms. The molecule has 0 radical (unpaired) electrons. The lowest BCUT2D eigenvalue weighted by Gasteiger charge is -2.00. The Morgan fingerprint density at radius 1 is 0.286 bits per heavy atom. The zero-order valence-electron chi connectivity index (χ0n) is 31.1. The van der Waals surface area contributed by atoms with Gasteiger partial charge in [0.2, 0.25) is 0 Å². The fourth-order valence-electron chi connectivity index (χ4n) is 5.55. The highest BCUT2D eigenvalue weighted by atomic mass is 16.3. The van der Waals surface area contributed by atoms with Gasteiger partial charge in [0, 0.05) is 61.7 Å². The van der Waals surface area contributed by atoms with Gasteiger partial charge >= 0.3 is 0 Å². The minimum atomic E-state index is 0.104. The third-order valence-electron chi connectivity index (χ3n) is 8.10. The smallest absolute Gasteiger partial charge is 0.119 e. The van der Waals surface area contributed by atoms with Gasteiger partial charge in [0.25, 0.3) is 0 Å². The first-order valence-electron chi connectivity index (χ1n) is 17.7. The van der Waals surface area contributed by atoms with E-state index in [0.29, 0.717) is 0 Å². The molecule has 4 aromatic heterocycles. The second-order valence-corrected chi connectivity index (χ2v) is 12.5. The van der Waals surface area contributed by atoms with Gasteiger partial charge in [-0.15, -0.1) is 0 Å². The van der Waals surface area contributed by atoms with E-state index in [1.165, 1.54) is 55.9 Å². The molecule has 0 spiro atoms. The van der Waals surface area contributed by atoms with Crippen LogP contribution in [0.1, 0.15) is 11.1 Å². The van der Waals surface area contributed by atoms with E-state index in [1.807, 2.05) is 48.5 Å². The Morgan fingerprint density at radius 2 is 0.500 bits per heavy atom. The molecule has 4 heterocycles. The van der Waals surface area contributed by atoms with Crippen molar-refractivity contribution in [1.82, 2.24) is 19.9 Å². The molecule has 0 aliphatic heterocycles. The molecular weight excluding hydrogens is 697 g/mol. The van der Waals surface area contributed by atoms with Crippen molar-refractivity contribution in [2.24, 2.45) is 0 Å². The van der Waals surface area contributed by atoms with Crippen LogP contribution < -0.4 is 0 Å². The minimum Gasteiger partial charge on any atom is -0.508 e. The summed E-state index contributed by atoms with van der Waals surface area (Å²) in [7, 11) is 0. The quantitative estimate of drug-likeness (QED) is 0.129. The van der Waals surface area contributed by atoms with Gasteiger partial charge in [0.1, 0.15) is 23.0 Å². The van der Waals surface area contributed by atoms with Crippen molar-refractivity contribution in [3.05, 3.63) is 206 Å². The largest absolute Gasteiger partial charge is 0.508 e. The maximum absolute atomic E-state index is 8.83. The number of pyridine rings is 4. The Kier molecular flexibility index (Phi) is 14.6. The molecule has 9 aromatic rings. The van der Waals surface area contributed by atoms with Crippen LogP contribution in [0.2, 0.25) is 0 Å². The molecule has 0 aliphatic carbocycles. The van der Waals surface area contributed by atoms with Gasteiger partial charge in [-0.1, -0.05) is 48.5 Å². The lowest BCUT2D eigenvalue weighted by molar-refractivity contribution is 0.448. The number of aryl methyl sites for hydroxylation is 2. The summed E-state index contributed by atoms with van der Waals surface area (Å²) in [4.78, 5) is 15.8. The normalized spacial score (nSPS) is 9.89. The molecule has 0 atom stereocenters. The second kappa shape index (κ2) is 20.6. The zero-order valence-corrected chi connectivity index (χ0v) is 31.1. The van der Waals surface area contributed by atoms with Crippen LogP contribution in [0.5, 0.6) is 23.0 Å². The number of phenols is 4. The van der Waals surface area contributed by atoms with Gasteiger partial charge in [0.05, 0.1) is 0 Å². The van der Waals surface area contributed by atoms with E-state index < -0.39 is 0 Å². The Balaban J connectivity index is 0.000000135. The predicted octanol–water partition coefficient (Wildman–Crippen LogP) is 11.1. The zero-order chi connectivity index (χ0) is 39.5. The van der Waals surface area contributed by atoms with Crippen LogP contribution in [0.25, 0.3) is 43.8 Å². The summed E-state index contributed by atoms with van der Waals surface area (Å²) < 4.78 is 0. The van der Waals surface area contributed by atoms with Crippen LogP contribution in [0, 0.1) is 13.8 Å². The van der Waals surface area contributed by atoms with Crippen LogP contribution in [-0.4, -0.2) is 40.4 Å². The van der Waals surface area contributed by atoms with Crippen LogP contribution in [0.4, 0.5) is 0 Å². The van der Waals surface area contributed by atoms with E-state index in [0.717, 1.165) is 11.1 Å². The molecule has 278 valence electrons. The number of rotatable bonds is 2. The highest BCUT2D eigenvalue weighted by Crippen LogP contribution is 2.23. The first kappa shape index (κ1) is 39.6. The molecule has 0 saturated heterocycles. The molecule has 9 rings (SSSR count). The molecule has 5 aromatic carbocycles. The van der Waals surface area contributed by atoms with Crippen LogP contribution in [0.3, 0.4) is 0 Å². The van der Waals surface area contributed by atoms with Crippen molar-refractivity contribution in [3.8, 4) is 45.3 Å². The van der Waals surface area contributed by atoms with Crippen molar-refractivity contribution >= 4 is 21.5 Å². The molecule has 0 bridgehead atoms. The Morgan fingerprint density at radius 3 is 0.696 bits per heavy atom. The van der Waals surface area contributed by atoms with Gasteiger partial charge in [0.15, 0.2) is 0 Å². The predicted molar refractivity (Wildman–Crippen MR) is 225 cm³/mol. The van der Waals surface area contributed by atoms with Gasteiger partial charge in [-0.05, 0) is 154 Å². The Hall–Kier alpha value is -7.58. The van der Waals surface area contributed by atoms with Crippen molar-refractivity contribution < 1.29 is 20.4 Å². The van der Waals surface area contributed by atoms with Crippen LogP contribution in [0.15, 0.2) is 195 Å². The van der Waals surface area contributed by atoms with E-state index in [9.17, 15) is 0 Å². The van der Waals surface area contributed by atoms with Crippen molar-refractivity contribution in [1.29, 1.82) is 0 Å². The summed E-state index contributed by atoms with van der Waals surface area (Å²) in [6.45, 7) is 3.61.